The lowest BCUT2D eigenvalue weighted by molar-refractivity contribution is -0.155. The number of aliphatic carboxylic acids is 1. The van der Waals surface area contributed by atoms with Gasteiger partial charge in [0.05, 0.1) is 0 Å². The summed E-state index contributed by atoms with van der Waals surface area (Å²) in [7, 11) is 2.10. The minimum Gasteiger partial charge on any atom is -0.480 e. The number of carbonyl (C=O) groups is 1. The van der Waals surface area contributed by atoms with Crippen molar-refractivity contribution >= 4 is 5.97 Å². The van der Waals surface area contributed by atoms with Gasteiger partial charge in [-0.25, -0.2) is 4.79 Å². The molecule has 2 aliphatic rings. The molecule has 0 aromatic heterocycles. The van der Waals surface area contributed by atoms with Crippen LogP contribution in [0.5, 0.6) is 0 Å². The number of carboxylic acids is 1. The first-order valence-corrected chi connectivity index (χ1v) is 7.82. The average molecular weight is 288 g/mol. The number of hydrogen-bond donors (Lipinski definition) is 1. The molecule has 0 saturated carbocycles. The highest BCUT2D eigenvalue weighted by Crippen LogP contribution is 2.45. The van der Waals surface area contributed by atoms with Gasteiger partial charge in [0.1, 0.15) is 5.54 Å². The van der Waals surface area contributed by atoms with E-state index in [2.05, 4.69) is 29.8 Å². The van der Waals surface area contributed by atoms with Gasteiger partial charge in [0.25, 0.3) is 0 Å². The van der Waals surface area contributed by atoms with Crippen molar-refractivity contribution in [1.82, 2.24) is 9.80 Å². The smallest absolute Gasteiger partial charge is 0.328 e. The molecule has 4 heteroatoms. The molecule has 1 saturated heterocycles. The van der Waals surface area contributed by atoms with Crippen LogP contribution in [0.1, 0.15) is 36.8 Å². The molecule has 2 unspecified atom stereocenters. The summed E-state index contributed by atoms with van der Waals surface area (Å²) in [6.07, 6.45) is 1.65. The van der Waals surface area contributed by atoms with Gasteiger partial charge in [-0.15, -0.1) is 0 Å². The number of fused-ring (bicyclic) bond motifs is 1. The van der Waals surface area contributed by atoms with Crippen LogP contribution in [0.15, 0.2) is 24.3 Å². The SMILES string of the molecule is CC1CCC(C(=O)O)(N2CCN(C)CC2)c2ccccc21. The summed E-state index contributed by atoms with van der Waals surface area (Å²) in [5.41, 5.74) is 1.40. The van der Waals surface area contributed by atoms with Crippen LogP contribution in [0.2, 0.25) is 0 Å². The Morgan fingerprint density at radius 2 is 1.90 bits per heavy atom. The maximum absolute atomic E-state index is 12.3. The minimum atomic E-state index is -0.829. The maximum atomic E-state index is 12.3. The van der Waals surface area contributed by atoms with Crippen molar-refractivity contribution in [3.63, 3.8) is 0 Å². The number of benzene rings is 1. The van der Waals surface area contributed by atoms with E-state index in [9.17, 15) is 9.90 Å². The number of hydrogen-bond acceptors (Lipinski definition) is 3. The van der Waals surface area contributed by atoms with Gasteiger partial charge in [-0.05, 0) is 36.9 Å². The summed E-state index contributed by atoms with van der Waals surface area (Å²) >= 11 is 0. The molecular formula is C17H24N2O2. The predicted molar refractivity (Wildman–Crippen MR) is 82.5 cm³/mol. The third-order valence-electron chi connectivity index (χ3n) is 5.27. The molecule has 4 nitrogen and oxygen atoms in total. The molecule has 0 amide bonds. The van der Waals surface area contributed by atoms with Crippen molar-refractivity contribution in [1.29, 1.82) is 0 Å². The Labute approximate surface area is 126 Å². The Morgan fingerprint density at radius 1 is 1.24 bits per heavy atom. The van der Waals surface area contributed by atoms with Gasteiger partial charge in [-0.2, -0.15) is 0 Å². The van der Waals surface area contributed by atoms with Crippen LogP contribution < -0.4 is 0 Å². The number of rotatable bonds is 2. The van der Waals surface area contributed by atoms with E-state index in [-0.39, 0.29) is 0 Å². The van der Waals surface area contributed by atoms with E-state index in [1.807, 2.05) is 18.2 Å². The third kappa shape index (κ3) is 2.27. The molecule has 1 aromatic carbocycles. The summed E-state index contributed by atoms with van der Waals surface area (Å²) in [6.45, 7) is 5.73. The summed E-state index contributed by atoms with van der Waals surface area (Å²) in [5, 5.41) is 10.1. The van der Waals surface area contributed by atoms with Crippen molar-refractivity contribution in [3.8, 4) is 0 Å². The molecule has 114 valence electrons. The van der Waals surface area contributed by atoms with Crippen molar-refractivity contribution in [2.24, 2.45) is 0 Å². The van der Waals surface area contributed by atoms with Crippen molar-refractivity contribution in [2.45, 2.75) is 31.2 Å². The van der Waals surface area contributed by atoms with E-state index in [1.54, 1.807) is 0 Å². The maximum Gasteiger partial charge on any atom is 0.328 e. The Bertz CT molecular complexity index is 537. The first kappa shape index (κ1) is 14.5. The first-order valence-electron chi connectivity index (χ1n) is 7.82. The normalized spacial score (nSPS) is 30.9. The lowest BCUT2D eigenvalue weighted by Gasteiger charge is -2.48. The van der Waals surface area contributed by atoms with Gasteiger partial charge in [0.2, 0.25) is 0 Å². The van der Waals surface area contributed by atoms with E-state index in [1.165, 1.54) is 5.56 Å². The molecule has 0 spiro atoms. The molecular weight excluding hydrogens is 264 g/mol. The fraction of sp³-hybridized carbons (Fsp3) is 0.588. The van der Waals surface area contributed by atoms with Gasteiger partial charge >= 0.3 is 5.97 Å². The summed E-state index contributed by atoms with van der Waals surface area (Å²) in [6, 6.07) is 8.13. The molecule has 2 atom stereocenters. The minimum absolute atomic E-state index is 0.445. The summed E-state index contributed by atoms with van der Waals surface area (Å²) < 4.78 is 0. The van der Waals surface area contributed by atoms with E-state index >= 15 is 0 Å². The molecule has 1 aliphatic heterocycles. The second-order valence-electron chi connectivity index (χ2n) is 6.48. The van der Waals surface area contributed by atoms with Crippen molar-refractivity contribution in [2.75, 3.05) is 33.2 Å². The third-order valence-corrected chi connectivity index (χ3v) is 5.27. The van der Waals surface area contributed by atoms with Crippen molar-refractivity contribution in [3.05, 3.63) is 35.4 Å². The molecule has 1 aromatic rings. The van der Waals surface area contributed by atoms with Gasteiger partial charge in [0, 0.05) is 26.2 Å². The monoisotopic (exact) mass is 288 g/mol. The average Bonchev–Trinajstić information content (AvgIpc) is 2.49. The van der Waals surface area contributed by atoms with E-state index in [0.717, 1.165) is 38.2 Å². The highest BCUT2D eigenvalue weighted by molar-refractivity contribution is 5.82. The van der Waals surface area contributed by atoms with Crippen LogP contribution in [-0.2, 0) is 10.3 Å². The molecule has 3 rings (SSSR count). The number of nitrogens with zero attached hydrogens (tertiary/aromatic N) is 2. The van der Waals surface area contributed by atoms with Gasteiger partial charge in [0.15, 0.2) is 0 Å². The van der Waals surface area contributed by atoms with E-state index in [0.29, 0.717) is 12.3 Å². The standard InChI is InChI=1S/C17H24N2O2/c1-13-7-8-17(16(20)21,15-6-4-3-5-14(13)15)19-11-9-18(2)10-12-19/h3-6,13H,7-12H2,1-2H3,(H,20,21). The second-order valence-corrected chi connectivity index (χ2v) is 6.48. The lowest BCUT2D eigenvalue weighted by atomic mass is 9.71. The van der Waals surface area contributed by atoms with Gasteiger partial charge < -0.3 is 10.0 Å². The summed E-state index contributed by atoms with van der Waals surface area (Å²) in [5.74, 6) is -0.243. The van der Waals surface area contributed by atoms with Crippen LogP contribution >= 0.6 is 0 Å². The molecule has 1 fully saturated rings. The zero-order valence-corrected chi connectivity index (χ0v) is 12.9. The highest BCUT2D eigenvalue weighted by Gasteiger charge is 2.49. The first-order chi connectivity index (χ1) is 10.1. The topological polar surface area (TPSA) is 43.8 Å². The van der Waals surface area contributed by atoms with Gasteiger partial charge in [-0.1, -0.05) is 31.2 Å². The Kier molecular flexibility index (Phi) is 3.76. The Balaban J connectivity index is 2.06. The summed E-state index contributed by atoms with van der Waals surface area (Å²) in [4.78, 5) is 16.7. The Hall–Kier alpha value is -1.39. The predicted octanol–water partition coefficient (Wildman–Crippen LogP) is 2.11. The van der Waals surface area contributed by atoms with Gasteiger partial charge in [-0.3, -0.25) is 4.90 Å². The van der Waals surface area contributed by atoms with Crippen LogP contribution in [-0.4, -0.2) is 54.1 Å². The fourth-order valence-electron chi connectivity index (χ4n) is 3.89. The van der Waals surface area contributed by atoms with Crippen LogP contribution in [0.25, 0.3) is 0 Å². The zero-order valence-electron chi connectivity index (χ0n) is 12.9. The molecule has 0 radical (unpaired) electrons. The quantitative estimate of drug-likeness (QED) is 0.905. The van der Waals surface area contributed by atoms with E-state index in [4.69, 9.17) is 0 Å². The van der Waals surface area contributed by atoms with Crippen LogP contribution in [0, 0.1) is 0 Å². The number of likely N-dealkylation sites (N-methyl/N-ethyl adjacent to an activating group) is 1. The van der Waals surface area contributed by atoms with Crippen molar-refractivity contribution < 1.29 is 9.90 Å². The molecule has 1 N–H and O–H groups in total. The molecule has 1 aliphatic carbocycles. The second kappa shape index (κ2) is 5.43. The molecule has 0 bridgehead atoms. The lowest BCUT2D eigenvalue weighted by Crippen LogP contribution is -2.59. The van der Waals surface area contributed by atoms with Crippen LogP contribution in [0.3, 0.4) is 0 Å². The number of carboxylic acid groups (broad SMARTS) is 1. The van der Waals surface area contributed by atoms with E-state index < -0.39 is 11.5 Å². The Morgan fingerprint density at radius 3 is 2.57 bits per heavy atom. The highest BCUT2D eigenvalue weighted by atomic mass is 16.4. The fourth-order valence-corrected chi connectivity index (χ4v) is 3.89. The zero-order chi connectivity index (χ0) is 15.0. The molecule has 1 heterocycles. The van der Waals surface area contributed by atoms with Crippen LogP contribution in [0.4, 0.5) is 0 Å². The molecule has 21 heavy (non-hydrogen) atoms. The number of piperazine rings is 1. The largest absolute Gasteiger partial charge is 0.480 e.